The maximum atomic E-state index is 12.2. The van der Waals surface area contributed by atoms with Crippen LogP contribution in [0.3, 0.4) is 0 Å². The maximum Gasteiger partial charge on any atom is 0.306 e. The molecule has 0 fully saturated rings. The third-order valence-electron chi connectivity index (χ3n) is 4.13. The zero-order valence-electron chi connectivity index (χ0n) is 14.2. The van der Waals surface area contributed by atoms with Gasteiger partial charge in [-0.25, -0.2) is 0 Å². The van der Waals surface area contributed by atoms with Gasteiger partial charge in [-0.1, -0.05) is 12.1 Å². The zero-order valence-corrected chi connectivity index (χ0v) is 14.2. The maximum absolute atomic E-state index is 12.2. The molecule has 6 heteroatoms. The first-order valence-electron chi connectivity index (χ1n) is 7.88. The Kier molecular flexibility index (Phi) is 5.73. The van der Waals surface area contributed by atoms with Gasteiger partial charge in [-0.05, 0) is 42.8 Å². The fraction of sp³-hybridized carbons (Fsp3) is 0.389. The lowest BCUT2D eigenvalue weighted by Gasteiger charge is -2.08. The molecule has 0 aliphatic rings. The molecule has 0 aliphatic heterocycles. The van der Waals surface area contributed by atoms with Gasteiger partial charge in [0.25, 0.3) is 5.56 Å². The summed E-state index contributed by atoms with van der Waals surface area (Å²) in [5.74, 6) is -0.647. The molecule has 1 aromatic carbocycles. The Morgan fingerprint density at radius 2 is 1.96 bits per heavy atom. The van der Waals surface area contributed by atoms with Crippen molar-refractivity contribution in [3.8, 4) is 0 Å². The number of methoxy groups -OCH3 is 1. The van der Waals surface area contributed by atoms with Crippen molar-refractivity contribution in [1.29, 1.82) is 0 Å². The first-order valence-corrected chi connectivity index (χ1v) is 7.88. The lowest BCUT2D eigenvalue weighted by Crippen LogP contribution is -2.27. The van der Waals surface area contributed by atoms with Crippen molar-refractivity contribution >= 4 is 22.8 Å². The highest BCUT2D eigenvalue weighted by Gasteiger charge is 2.09. The van der Waals surface area contributed by atoms with E-state index in [1.165, 1.54) is 7.11 Å². The third-order valence-corrected chi connectivity index (χ3v) is 4.13. The lowest BCUT2D eigenvalue weighted by molar-refractivity contribution is -0.142. The smallest absolute Gasteiger partial charge is 0.306 e. The minimum atomic E-state index is -0.415. The van der Waals surface area contributed by atoms with Crippen molar-refractivity contribution in [2.24, 2.45) is 0 Å². The summed E-state index contributed by atoms with van der Waals surface area (Å²) in [7, 11) is 1.29. The number of ether oxygens (including phenoxy) is 1. The fourth-order valence-corrected chi connectivity index (χ4v) is 2.50. The number of hydrogen-bond donors (Lipinski definition) is 2. The SMILES string of the molecule is COC(=O)CCC(=O)NCCc1cc2ccc(C)c(C)c2[nH]c1=O. The van der Waals surface area contributed by atoms with Crippen LogP contribution in [0.25, 0.3) is 10.9 Å². The molecule has 0 saturated heterocycles. The first-order chi connectivity index (χ1) is 11.4. The Morgan fingerprint density at radius 3 is 2.67 bits per heavy atom. The van der Waals surface area contributed by atoms with Gasteiger partial charge in [0.05, 0.1) is 19.0 Å². The Bertz CT molecular complexity index is 824. The number of H-pyrrole nitrogens is 1. The summed E-state index contributed by atoms with van der Waals surface area (Å²) in [4.78, 5) is 37.7. The van der Waals surface area contributed by atoms with Crippen molar-refractivity contribution in [3.05, 3.63) is 45.2 Å². The van der Waals surface area contributed by atoms with Crippen LogP contribution >= 0.6 is 0 Å². The van der Waals surface area contributed by atoms with Gasteiger partial charge in [-0.3, -0.25) is 14.4 Å². The number of hydrogen-bond acceptors (Lipinski definition) is 4. The van der Waals surface area contributed by atoms with E-state index in [1.807, 2.05) is 32.0 Å². The number of rotatable bonds is 6. The quantitative estimate of drug-likeness (QED) is 0.790. The number of esters is 1. The molecule has 0 spiro atoms. The van der Waals surface area contributed by atoms with E-state index in [0.717, 1.165) is 22.0 Å². The molecular formula is C18H22N2O4. The first kappa shape index (κ1) is 17.7. The summed E-state index contributed by atoms with van der Waals surface area (Å²) in [5.41, 5.74) is 3.53. The van der Waals surface area contributed by atoms with E-state index in [4.69, 9.17) is 0 Å². The standard InChI is InChI=1S/C18H22N2O4/c1-11-4-5-13-10-14(18(23)20-17(13)12(11)2)8-9-19-15(21)6-7-16(22)24-3/h4-5,10H,6-9H2,1-3H3,(H,19,21)(H,20,23). The molecular weight excluding hydrogens is 308 g/mol. The van der Waals surface area contributed by atoms with E-state index in [2.05, 4.69) is 15.0 Å². The van der Waals surface area contributed by atoms with E-state index in [1.54, 1.807) is 0 Å². The van der Waals surface area contributed by atoms with Crippen LogP contribution in [0.2, 0.25) is 0 Å². The monoisotopic (exact) mass is 330 g/mol. The Balaban J connectivity index is 1.99. The lowest BCUT2D eigenvalue weighted by atomic mass is 10.0. The fourth-order valence-electron chi connectivity index (χ4n) is 2.50. The van der Waals surface area contributed by atoms with Crippen LogP contribution in [0.15, 0.2) is 23.0 Å². The number of fused-ring (bicyclic) bond motifs is 1. The van der Waals surface area contributed by atoms with Crippen LogP contribution in [0, 0.1) is 13.8 Å². The van der Waals surface area contributed by atoms with Gasteiger partial charge >= 0.3 is 5.97 Å². The number of amides is 1. The summed E-state index contributed by atoms with van der Waals surface area (Å²) >= 11 is 0. The van der Waals surface area contributed by atoms with Crippen molar-refractivity contribution < 1.29 is 14.3 Å². The predicted molar refractivity (Wildman–Crippen MR) is 92.0 cm³/mol. The van der Waals surface area contributed by atoms with Gasteiger partial charge in [-0.2, -0.15) is 0 Å². The molecule has 0 unspecified atom stereocenters. The van der Waals surface area contributed by atoms with Crippen LogP contribution < -0.4 is 10.9 Å². The molecule has 24 heavy (non-hydrogen) atoms. The zero-order chi connectivity index (χ0) is 17.7. The van der Waals surface area contributed by atoms with Gasteiger partial charge in [-0.15, -0.1) is 0 Å². The number of aromatic amines is 1. The molecule has 1 amide bonds. The van der Waals surface area contributed by atoms with Gasteiger partial charge in [0.15, 0.2) is 0 Å². The van der Waals surface area contributed by atoms with Crippen LogP contribution in [-0.2, 0) is 20.7 Å². The van der Waals surface area contributed by atoms with E-state index >= 15 is 0 Å². The summed E-state index contributed by atoms with van der Waals surface area (Å²) in [5, 5.41) is 3.68. The van der Waals surface area contributed by atoms with Crippen molar-refractivity contribution in [2.75, 3.05) is 13.7 Å². The molecule has 2 N–H and O–H groups in total. The minimum Gasteiger partial charge on any atom is -0.469 e. The number of benzene rings is 1. The number of aromatic nitrogens is 1. The number of carbonyl (C=O) groups is 2. The molecule has 0 atom stereocenters. The van der Waals surface area contributed by atoms with E-state index in [9.17, 15) is 14.4 Å². The van der Waals surface area contributed by atoms with Crippen LogP contribution in [0.4, 0.5) is 0 Å². The molecule has 2 aromatic rings. The molecule has 6 nitrogen and oxygen atoms in total. The van der Waals surface area contributed by atoms with Gasteiger partial charge in [0, 0.05) is 18.5 Å². The molecule has 1 aromatic heterocycles. The largest absolute Gasteiger partial charge is 0.469 e. The molecule has 128 valence electrons. The van der Waals surface area contributed by atoms with E-state index in [0.29, 0.717) is 18.5 Å². The summed E-state index contributed by atoms with van der Waals surface area (Å²) in [6.45, 7) is 4.33. The minimum absolute atomic E-state index is 0.0531. The number of carbonyl (C=O) groups excluding carboxylic acids is 2. The molecule has 0 saturated carbocycles. The summed E-state index contributed by atoms with van der Waals surface area (Å²) in [6.07, 6.45) is 0.568. The van der Waals surface area contributed by atoms with Crippen molar-refractivity contribution in [2.45, 2.75) is 33.1 Å². The predicted octanol–water partition coefficient (Wildman–Crippen LogP) is 1.76. The van der Waals surface area contributed by atoms with Crippen molar-refractivity contribution in [3.63, 3.8) is 0 Å². The summed E-state index contributed by atoms with van der Waals surface area (Å²) in [6, 6.07) is 5.86. The van der Waals surface area contributed by atoms with Gasteiger partial charge in [0.2, 0.25) is 5.91 Å². The van der Waals surface area contributed by atoms with Gasteiger partial charge in [0.1, 0.15) is 0 Å². The van der Waals surface area contributed by atoms with Crippen LogP contribution in [0.5, 0.6) is 0 Å². The highest BCUT2D eigenvalue weighted by Crippen LogP contribution is 2.18. The second-order valence-electron chi connectivity index (χ2n) is 5.77. The summed E-state index contributed by atoms with van der Waals surface area (Å²) < 4.78 is 4.48. The molecule has 0 aliphatic carbocycles. The van der Waals surface area contributed by atoms with Gasteiger partial charge < -0.3 is 15.0 Å². The van der Waals surface area contributed by atoms with Crippen LogP contribution in [0.1, 0.15) is 29.5 Å². The molecule has 1 heterocycles. The van der Waals surface area contributed by atoms with Crippen LogP contribution in [-0.4, -0.2) is 30.5 Å². The molecule has 0 bridgehead atoms. The Labute approximate surface area is 140 Å². The van der Waals surface area contributed by atoms with Crippen molar-refractivity contribution in [1.82, 2.24) is 10.3 Å². The highest BCUT2D eigenvalue weighted by molar-refractivity contribution is 5.83. The Hall–Kier alpha value is -2.63. The topological polar surface area (TPSA) is 88.3 Å². The number of nitrogens with one attached hydrogen (secondary N) is 2. The highest BCUT2D eigenvalue weighted by atomic mass is 16.5. The second kappa shape index (κ2) is 7.77. The second-order valence-corrected chi connectivity index (χ2v) is 5.77. The van der Waals surface area contributed by atoms with E-state index in [-0.39, 0.29) is 24.3 Å². The molecule has 2 rings (SSSR count). The number of pyridine rings is 1. The average molecular weight is 330 g/mol. The Morgan fingerprint density at radius 1 is 1.21 bits per heavy atom. The third kappa shape index (κ3) is 4.22. The number of aryl methyl sites for hydroxylation is 2. The molecule has 0 radical (unpaired) electrons. The normalized spacial score (nSPS) is 10.6. The average Bonchev–Trinajstić information content (AvgIpc) is 2.57. The van der Waals surface area contributed by atoms with E-state index < -0.39 is 5.97 Å².